The van der Waals surface area contributed by atoms with Crippen LogP contribution in [0.15, 0.2) is 24.3 Å². The lowest BCUT2D eigenvalue weighted by Crippen LogP contribution is -2.49. The van der Waals surface area contributed by atoms with Crippen LogP contribution in [0.5, 0.6) is 5.75 Å². The van der Waals surface area contributed by atoms with Crippen molar-refractivity contribution >= 4 is 0 Å². The topological polar surface area (TPSA) is 24.5 Å². The molecule has 1 aromatic carbocycles. The fourth-order valence-electron chi connectivity index (χ4n) is 2.33. The van der Waals surface area contributed by atoms with Gasteiger partial charge in [0, 0.05) is 32.2 Å². The molecule has 1 fully saturated rings. The normalized spacial score (nSPS) is 20.9. The van der Waals surface area contributed by atoms with E-state index in [4.69, 9.17) is 4.74 Å². The summed E-state index contributed by atoms with van der Waals surface area (Å²) in [4.78, 5) is 2.51. The van der Waals surface area contributed by atoms with Crippen molar-refractivity contribution in [2.45, 2.75) is 26.3 Å². The minimum atomic E-state index is 0.622. The van der Waals surface area contributed by atoms with Crippen LogP contribution in [-0.4, -0.2) is 43.7 Å². The summed E-state index contributed by atoms with van der Waals surface area (Å²) in [6, 6.07) is 8.89. The van der Waals surface area contributed by atoms with Crippen LogP contribution < -0.4 is 10.1 Å². The molecule has 3 nitrogen and oxygen atoms in total. The average molecular weight is 248 g/mol. The van der Waals surface area contributed by atoms with Crippen molar-refractivity contribution in [2.75, 3.05) is 32.8 Å². The Labute approximate surface area is 110 Å². The minimum Gasteiger partial charge on any atom is -0.494 e. The van der Waals surface area contributed by atoms with Gasteiger partial charge in [-0.2, -0.15) is 0 Å². The van der Waals surface area contributed by atoms with E-state index in [1.165, 1.54) is 5.56 Å². The lowest BCUT2D eigenvalue weighted by atomic mass is 10.2. The fourth-order valence-corrected chi connectivity index (χ4v) is 2.33. The highest BCUT2D eigenvalue weighted by Gasteiger charge is 2.14. The number of benzene rings is 1. The summed E-state index contributed by atoms with van der Waals surface area (Å²) in [5.74, 6) is 0.981. The molecule has 2 rings (SSSR count). The Morgan fingerprint density at radius 3 is 2.83 bits per heavy atom. The maximum Gasteiger partial charge on any atom is 0.119 e. The summed E-state index contributed by atoms with van der Waals surface area (Å²) in [6.45, 7) is 9.71. The van der Waals surface area contributed by atoms with E-state index in [0.29, 0.717) is 6.04 Å². The standard InChI is InChI=1S/C15H24N2O/c1-13-4-6-15(7-5-13)18-11-3-9-17-10-8-16-14(2)12-17/h4-7,14,16H,3,8-12H2,1-2H3/t14-/m0/s1. The van der Waals surface area contributed by atoms with Crippen molar-refractivity contribution in [3.63, 3.8) is 0 Å². The van der Waals surface area contributed by atoms with Crippen molar-refractivity contribution in [1.82, 2.24) is 10.2 Å². The smallest absolute Gasteiger partial charge is 0.119 e. The van der Waals surface area contributed by atoms with Gasteiger partial charge in [-0.3, -0.25) is 0 Å². The number of nitrogens with one attached hydrogen (secondary N) is 1. The van der Waals surface area contributed by atoms with Gasteiger partial charge in [-0.05, 0) is 32.4 Å². The van der Waals surface area contributed by atoms with Crippen LogP contribution in [0.25, 0.3) is 0 Å². The van der Waals surface area contributed by atoms with E-state index in [-0.39, 0.29) is 0 Å². The Kier molecular flexibility index (Phi) is 5.02. The summed E-state index contributed by atoms with van der Waals surface area (Å²) < 4.78 is 5.74. The molecule has 0 unspecified atom stereocenters. The van der Waals surface area contributed by atoms with E-state index in [1.54, 1.807) is 0 Å². The number of piperazine rings is 1. The van der Waals surface area contributed by atoms with Crippen molar-refractivity contribution in [1.29, 1.82) is 0 Å². The molecule has 0 aromatic heterocycles. The fraction of sp³-hybridized carbons (Fsp3) is 0.600. The Hall–Kier alpha value is -1.06. The summed E-state index contributed by atoms with van der Waals surface area (Å²) in [5.41, 5.74) is 1.28. The highest BCUT2D eigenvalue weighted by atomic mass is 16.5. The molecule has 0 spiro atoms. The van der Waals surface area contributed by atoms with Gasteiger partial charge >= 0.3 is 0 Å². The maximum atomic E-state index is 5.74. The third-order valence-electron chi connectivity index (χ3n) is 3.36. The van der Waals surface area contributed by atoms with Crippen LogP contribution in [0, 0.1) is 6.92 Å². The number of aryl methyl sites for hydroxylation is 1. The van der Waals surface area contributed by atoms with Gasteiger partial charge in [0.2, 0.25) is 0 Å². The SMILES string of the molecule is Cc1ccc(OCCCN2CCN[C@@H](C)C2)cc1. The predicted octanol–water partition coefficient (Wildman–Crippen LogP) is 2.06. The van der Waals surface area contributed by atoms with Gasteiger partial charge in [-0.25, -0.2) is 0 Å². The van der Waals surface area contributed by atoms with Crippen LogP contribution in [0.3, 0.4) is 0 Å². The van der Waals surface area contributed by atoms with E-state index in [0.717, 1.165) is 45.0 Å². The molecule has 3 heteroatoms. The number of nitrogens with zero attached hydrogens (tertiary/aromatic N) is 1. The molecule has 1 aliphatic rings. The first-order valence-corrected chi connectivity index (χ1v) is 6.89. The number of ether oxygens (including phenoxy) is 1. The average Bonchev–Trinajstić information content (AvgIpc) is 2.37. The third kappa shape index (κ3) is 4.31. The highest BCUT2D eigenvalue weighted by Crippen LogP contribution is 2.11. The molecule has 0 bridgehead atoms. The summed E-state index contributed by atoms with van der Waals surface area (Å²) in [7, 11) is 0. The Bertz CT molecular complexity index is 350. The third-order valence-corrected chi connectivity index (χ3v) is 3.36. The zero-order valence-corrected chi connectivity index (χ0v) is 11.5. The minimum absolute atomic E-state index is 0.622. The first-order chi connectivity index (χ1) is 8.74. The van der Waals surface area contributed by atoms with E-state index in [1.807, 2.05) is 12.1 Å². The largest absolute Gasteiger partial charge is 0.494 e. The van der Waals surface area contributed by atoms with Gasteiger partial charge in [0.25, 0.3) is 0 Å². The summed E-state index contributed by atoms with van der Waals surface area (Å²) in [5, 5.41) is 3.46. The van der Waals surface area contributed by atoms with Crippen LogP contribution in [0.1, 0.15) is 18.9 Å². The first-order valence-electron chi connectivity index (χ1n) is 6.89. The number of hydrogen-bond donors (Lipinski definition) is 1. The van der Waals surface area contributed by atoms with Gasteiger partial charge in [0.15, 0.2) is 0 Å². The van der Waals surface area contributed by atoms with E-state index in [9.17, 15) is 0 Å². The van der Waals surface area contributed by atoms with Crippen LogP contribution in [0.2, 0.25) is 0 Å². The molecule has 1 atom stereocenters. The molecular formula is C15H24N2O. The van der Waals surface area contributed by atoms with Gasteiger partial charge in [0.1, 0.15) is 5.75 Å². The van der Waals surface area contributed by atoms with Crippen molar-refractivity contribution in [2.24, 2.45) is 0 Å². The molecule has 1 saturated heterocycles. The first kappa shape index (κ1) is 13.4. The molecule has 1 aliphatic heterocycles. The van der Waals surface area contributed by atoms with Crippen molar-refractivity contribution in [3.05, 3.63) is 29.8 Å². The van der Waals surface area contributed by atoms with Gasteiger partial charge in [0.05, 0.1) is 6.61 Å². The quantitative estimate of drug-likeness (QED) is 0.807. The lowest BCUT2D eigenvalue weighted by molar-refractivity contribution is 0.189. The lowest BCUT2D eigenvalue weighted by Gasteiger charge is -2.31. The molecule has 0 amide bonds. The second-order valence-corrected chi connectivity index (χ2v) is 5.17. The molecule has 1 heterocycles. The molecular weight excluding hydrogens is 224 g/mol. The zero-order valence-electron chi connectivity index (χ0n) is 11.5. The Morgan fingerprint density at radius 1 is 1.33 bits per heavy atom. The molecule has 18 heavy (non-hydrogen) atoms. The Morgan fingerprint density at radius 2 is 2.11 bits per heavy atom. The predicted molar refractivity (Wildman–Crippen MR) is 75.2 cm³/mol. The molecule has 0 saturated carbocycles. The van der Waals surface area contributed by atoms with Gasteiger partial charge in [-0.15, -0.1) is 0 Å². The summed E-state index contributed by atoms with van der Waals surface area (Å²) in [6.07, 6.45) is 1.10. The molecule has 0 aliphatic carbocycles. The van der Waals surface area contributed by atoms with E-state index >= 15 is 0 Å². The number of hydrogen-bond acceptors (Lipinski definition) is 3. The monoisotopic (exact) mass is 248 g/mol. The molecule has 1 N–H and O–H groups in total. The van der Waals surface area contributed by atoms with Crippen LogP contribution in [-0.2, 0) is 0 Å². The van der Waals surface area contributed by atoms with Crippen LogP contribution in [0.4, 0.5) is 0 Å². The maximum absolute atomic E-state index is 5.74. The summed E-state index contributed by atoms with van der Waals surface area (Å²) >= 11 is 0. The molecule has 1 aromatic rings. The Balaban J connectivity index is 1.62. The highest BCUT2D eigenvalue weighted by molar-refractivity contribution is 5.26. The van der Waals surface area contributed by atoms with Gasteiger partial charge in [-0.1, -0.05) is 17.7 Å². The molecule has 0 radical (unpaired) electrons. The zero-order chi connectivity index (χ0) is 12.8. The second kappa shape index (κ2) is 6.76. The van der Waals surface area contributed by atoms with Gasteiger partial charge < -0.3 is 15.0 Å². The molecule has 100 valence electrons. The van der Waals surface area contributed by atoms with E-state index < -0.39 is 0 Å². The number of rotatable bonds is 5. The van der Waals surface area contributed by atoms with Crippen molar-refractivity contribution in [3.8, 4) is 5.75 Å². The van der Waals surface area contributed by atoms with Crippen LogP contribution >= 0.6 is 0 Å². The van der Waals surface area contributed by atoms with Crippen molar-refractivity contribution < 1.29 is 4.74 Å². The van der Waals surface area contributed by atoms with E-state index in [2.05, 4.69) is 36.2 Å². The second-order valence-electron chi connectivity index (χ2n) is 5.17.